The molecule has 2 aromatic carbocycles. The van der Waals surface area contributed by atoms with E-state index in [9.17, 15) is 9.59 Å². The first-order valence-electron chi connectivity index (χ1n) is 8.21. The predicted octanol–water partition coefficient (Wildman–Crippen LogP) is 3.26. The molecule has 1 aliphatic heterocycles. The number of anilines is 2. The topological polar surface area (TPSA) is 52.7 Å². The van der Waals surface area contributed by atoms with Gasteiger partial charge in [0, 0.05) is 43.7 Å². The van der Waals surface area contributed by atoms with Crippen molar-refractivity contribution in [3.05, 3.63) is 59.1 Å². The van der Waals surface area contributed by atoms with E-state index in [4.69, 9.17) is 11.6 Å². The van der Waals surface area contributed by atoms with Crippen molar-refractivity contribution in [2.75, 3.05) is 36.4 Å². The van der Waals surface area contributed by atoms with E-state index >= 15 is 0 Å². The Morgan fingerprint density at radius 3 is 2.24 bits per heavy atom. The maximum Gasteiger partial charge on any atom is 0.253 e. The SMILES string of the molecule is CC(=O)Nc1ccccc1N1CCN(C(=O)c2ccc(Cl)cc2)CC1. The monoisotopic (exact) mass is 357 g/mol. The number of carbonyl (C=O) groups excluding carboxylic acids is 2. The highest BCUT2D eigenvalue weighted by Gasteiger charge is 2.23. The molecule has 3 rings (SSSR count). The predicted molar refractivity (Wildman–Crippen MR) is 100 cm³/mol. The quantitative estimate of drug-likeness (QED) is 0.917. The van der Waals surface area contributed by atoms with Crippen LogP contribution in [0.1, 0.15) is 17.3 Å². The van der Waals surface area contributed by atoms with Gasteiger partial charge in [0.15, 0.2) is 0 Å². The molecule has 25 heavy (non-hydrogen) atoms. The molecule has 6 heteroatoms. The van der Waals surface area contributed by atoms with E-state index in [0.717, 1.165) is 24.5 Å². The number of piperazine rings is 1. The minimum atomic E-state index is -0.0935. The molecule has 1 fully saturated rings. The highest BCUT2D eigenvalue weighted by Crippen LogP contribution is 2.27. The molecule has 0 atom stereocenters. The number of hydrogen-bond donors (Lipinski definition) is 1. The van der Waals surface area contributed by atoms with Crippen LogP contribution in [0.5, 0.6) is 0 Å². The average Bonchev–Trinajstić information content (AvgIpc) is 2.62. The zero-order valence-corrected chi connectivity index (χ0v) is 14.8. The van der Waals surface area contributed by atoms with Crippen LogP contribution in [0, 0.1) is 0 Å². The Morgan fingerprint density at radius 2 is 1.60 bits per heavy atom. The van der Waals surface area contributed by atoms with E-state index in [1.54, 1.807) is 24.3 Å². The lowest BCUT2D eigenvalue weighted by atomic mass is 10.1. The molecule has 1 heterocycles. The molecule has 0 aliphatic carbocycles. The average molecular weight is 358 g/mol. The van der Waals surface area contributed by atoms with Gasteiger partial charge in [0.05, 0.1) is 11.4 Å². The summed E-state index contributed by atoms with van der Waals surface area (Å²) in [6.45, 7) is 4.21. The van der Waals surface area contributed by atoms with Gasteiger partial charge in [-0.05, 0) is 36.4 Å². The molecule has 0 aromatic heterocycles. The molecule has 1 saturated heterocycles. The summed E-state index contributed by atoms with van der Waals surface area (Å²) < 4.78 is 0. The maximum absolute atomic E-state index is 12.6. The van der Waals surface area contributed by atoms with Crippen molar-refractivity contribution in [1.82, 2.24) is 4.90 Å². The third-order valence-electron chi connectivity index (χ3n) is 4.21. The van der Waals surface area contributed by atoms with Gasteiger partial charge in [0.1, 0.15) is 0 Å². The molecular formula is C19H20ClN3O2. The molecule has 0 saturated carbocycles. The fraction of sp³-hybridized carbons (Fsp3) is 0.263. The summed E-state index contributed by atoms with van der Waals surface area (Å²) in [6.07, 6.45) is 0. The van der Waals surface area contributed by atoms with Crippen LogP contribution >= 0.6 is 11.6 Å². The second-order valence-electron chi connectivity index (χ2n) is 5.98. The molecular weight excluding hydrogens is 338 g/mol. The highest BCUT2D eigenvalue weighted by atomic mass is 35.5. The third-order valence-corrected chi connectivity index (χ3v) is 4.47. The minimum Gasteiger partial charge on any atom is -0.366 e. The molecule has 0 bridgehead atoms. The van der Waals surface area contributed by atoms with Crippen LogP contribution in [0.4, 0.5) is 11.4 Å². The highest BCUT2D eigenvalue weighted by molar-refractivity contribution is 6.30. The summed E-state index contributed by atoms with van der Waals surface area (Å²) in [5, 5.41) is 3.48. The largest absolute Gasteiger partial charge is 0.366 e. The van der Waals surface area contributed by atoms with Crippen molar-refractivity contribution < 1.29 is 9.59 Å². The lowest BCUT2D eigenvalue weighted by Gasteiger charge is -2.37. The van der Waals surface area contributed by atoms with Gasteiger partial charge in [-0.15, -0.1) is 0 Å². The zero-order chi connectivity index (χ0) is 17.8. The summed E-state index contributed by atoms with van der Waals surface area (Å²) >= 11 is 5.88. The Balaban J connectivity index is 1.67. The molecule has 0 unspecified atom stereocenters. The van der Waals surface area contributed by atoms with Crippen LogP contribution in [0.15, 0.2) is 48.5 Å². The number of nitrogens with zero attached hydrogens (tertiary/aromatic N) is 2. The Hall–Kier alpha value is -2.53. The third kappa shape index (κ3) is 4.12. The van der Waals surface area contributed by atoms with Crippen molar-refractivity contribution in [1.29, 1.82) is 0 Å². The van der Waals surface area contributed by atoms with Crippen molar-refractivity contribution in [3.63, 3.8) is 0 Å². The van der Waals surface area contributed by atoms with Gasteiger partial charge in [-0.1, -0.05) is 23.7 Å². The lowest BCUT2D eigenvalue weighted by molar-refractivity contribution is -0.114. The van der Waals surface area contributed by atoms with Crippen molar-refractivity contribution in [3.8, 4) is 0 Å². The number of nitrogens with one attached hydrogen (secondary N) is 1. The van der Waals surface area contributed by atoms with Gasteiger partial charge >= 0.3 is 0 Å². The lowest BCUT2D eigenvalue weighted by Crippen LogP contribution is -2.49. The van der Waals surface area contributed by atoms with Crippen LogP contribution in [0.25, 0.3) is 0 Å². The molecule has 1 aliphatic rings. The van der Waals surface area contributed by atoms with E-state index in [2.05, 4.69) is 10.2 Å². The van der Waals surface area contributed by atoms with Gasteiger partial charge in [-0.25, -0.2) is 0 Å². The van der Waals surface area contributed by atoms with Gasteiger partial charge in [0.2, 0.25) is 5.91 Å². The van der Waals surface area contributed by atoms with Crippen molar-refractivity contribution in [2.45, 2.75) is 6.92 Å². The van der Waals surface area contributed by atoms with E-state index in [1.165, 1.54) is 6.92 Å². The summed E-state index contributed by atoms with van der Waals surface area (Å²) in [6, 6.07) is 14.7. The van der Waals surface area contributed by atoms with Crippen LogP contribution in [0.2, 0.25) is 5.02 Å². The van der Waals surface area contributed by atoms with E-state index in [-0.39, 0.29) is 11.8 Å². The minimum absolute atomic E-state index is 0.0199. The Bertz CT molecular complexity index is 768. The number of benzene rings is 2. The van der Waals surface area contributed by atoms with Crippen molar-refractivity contribution >= 4 is 34.8 Å². The van der Waals surface area contributed by atoms with Gasteiger partial charge in [-0.2, -0.15) is 0 Å². The van der Waals surface area contributed by atoms with E-state index < -0.39 is 0 Å². The first-order valence-corrected chi connectivity index (χ1v) is 8.59. The number of carbonyl (C=O) groups is 2. The number of amides is 2. The second kappa shape index (κ2) is 7.57. The number of halogens is 1. The first-order chi connectivity index (χ1) is 12.0. The smallest absolute Gasteiger partial charge is 0.253 e. The molecule has 2 amide bonds. The summed E-state index contributed by atoms with van der Waals surface area (Å²) in [4.78, 5) is 28.0. The molecule has 0 radical (unpaired) electrons. The fourth-order valence-electron chi connectivity index (χ4n) is 2.97. The number of rotatable bonds is 3. The summed E-state index contributed by atoms with van der Waals surface area (Å²) in [5.74, 6) is -0.0736. The molecule has 2 aromatic rings. The molecule has 5 nitrogen and oxygen atoms in total. The van der Waals surface area contributed by atoms with Crippen molar-refractivity contribution in [2.24, 2.45) is 0 Å². The zero-order valence-electron chi connectivity index (χ0n) is 14.0. The Morgan fingerprint density at radius 1 is 0.960 bits per heavy atom. The molecule has 1 N–H and O–H groups in total. The van der Waals surface area contributed by atoms with Gasteiger partial charge in [0.25, 0.3) is 5.91 Å². The standard InChI is InChI=1S/C19H20ClN3O2/c1-14(24)21-17-4-2-3-5-18(17)22-10-12-23(13-11-22)19(25)15-6-8-16(20)9-7-15/h2-9H,10-13H2,1H3,(H,21,24). The maximum atomic E-state index is 12.6. The Labute approximate surface area is 152 Å². The Kier molecular flexibility index (Phi) is 5.24. The van der Waals surface area contributed by atoms with Gasteiger partial charge < -0.3 is 15.1 Å². The van der Waals surface area contributed by atoms with Crippen LogP contribution < -0.4 is 10.2 Å². The number of hydrogen-bond acceptors (Lipinski definition) is 3. The van der Waals surface area contributed by atoms with Gasteiger partial charge in [-0.3, -0.25) is 9.59 Å². The van der Waals surface area contributed by atoms with Crippen LogP contribution in [0.3, 0.4) is 0 Å². The number of para-hydroxylation sites is 2. The fourth-order valence-corrected chi connectivity index (χ4v) is 3.10. The molecule has 130 valence electrons. The first kappa shape index (κ1) is 17.3. The normalized spacial score (nSPS) is 14.3. The molecule has 0 spiro atoms. The summed E-state index contributed by atoms with van der Waals surface area (Å²) in [5.41, 5.74) is 2.43. The van der Waals surface area contributed by atoms with E-state index in [1.807, 2.05) is 29.2 Å². The van der Waals surface area contributed by atoms with Crippen LogP contribution in [-0.4, -0.2) is 42.9 Å². The van der Waals surface area contributed by atoms with E-state index in [0.29, 0.717) is 23.7 Å². The second-order valence-corrected chi connectivity index (χ2v) is 6.42. The summed E-state index contributed by atoms with van der Waals surface area (Å²) in [7, 11) is 0. The van der Waals surface area contributed by atoms with Crippen LogP contribution in [-0.2, 0) is 4.79 Å².